The van der Waals surface area contributed by atoms with Crippen LogP contribution in [-0.2, 0) is 22.6 Å². The van der Waals surface area contributed by atoms with Crippen molar-refractivity contribution < 1.29 is 29.0 Å². The molecule has 0 radical (unpaired) electrons. The lowest BCUT2D eigenvalue weighted by molar-refractivity contribution is -0.138. The number of aliphatic hydroxyl groups excluding tert-OH is 2. The fourth-order valence-electron chi connectivity index (χ4n) is 4.06. The van der Waals surface area contributed by atoms with E-state index >= 15 is 0 Å². The molecule has 162 valence electrons. The maximum Gasteiger partial charge on any atom is 0.287 e. The quantitative estimate of drug-likeness (QED) is 0.537. The van der Waals surface area contributed by atoms with Gasteiger partial charge in [0.2, 0.25) is 5.91 Å². The highest BCUT2D eigenvalue weighted by Crippen LogP contribution is 2.28. The smallest absolute Gasteiger partial charge is 0.287 e. The molecule has 4 atom stereocenters. The van der Waals surface area contributed by atoms with Crippen molar-refractivity contribution >= 4 is 17.7 Å². The lowest BCUT2D eigenvalue weighted by Gasteiger charge is -2.38. The summed E-state index contributed by atoms with van der Waals surface area (Å²) < 4.78 is 5.04. The molecule has 4 rings (SSSR count). The normalized spacial score (nSPS) is 25.4. The summed E-state index contributed by atoms with van der Waals surface area (Å²) >= 11 is 0. The minimum Gasteiger partial charge on any atom is -0.459 e. The number of fused-ring (bicyclic) bond motifs is 1. The van der Waals surface area contributed by atoms with Gasteiger partial charge in [0.05, 0.1) is 18.4 Å². The van der Waals surface area contributed by atoms with Gasteiger partial charge in [-0.05, 0) is 23.3 Å². The van der Waals surface area contributed by atoms with Crippen molar-refractivity contribution in [1.82, 2.24) is 10.2 Å². The van der Waals surface area contributed by atoms with E-state index < -0.39 is 42.0 Å². The van der Waals surface area contributed by atoms with Gasteiger partial charge >= 0.3 is 0 Å². The molecule has 3 amide bonds. The van der Waals surface area contributed by atoms with E-state index in [4.69, 9.17) is 10.2 Å². The summed E-state index contributed by atoms with van der Waals surface area (Å²) in [6, 6.07) is 8.66. The molecule has 2 heterocycles. The van der Waals surface area contributed by atoms with E-state index in [-0.39, 0.29) is 24.3 Å². The third-order valence-corrected chi connectivity index (χ3v) is 5.73. The van der Waals surface area contributed by atoms with Crippen molar-refractivity contribution in [2.75, 3.05) is 0 Å². The summed E-state index contributed by atoms with van der Waals surface area (Å²) in [5, 5.41) is 23.2. The number of carbonyl (C=O) groups excluding carboxylic acids is 3. The van der Waals surface area contributed by atoms with Crippen LogP contribution in [0.5, 0.6) is 0 Å². The Bertz CT molecular complexity index is 1030. The largest absolute Gasteiger partial charge is 0.459 e. The van der Waals surface area contributed by atoms with Crippen molar-refractivity contribution in [2.24, 2.45) is 5.73 Å². The second kappa shape index (κ2) is 8.37. The highest BCUT2D eigenvalue weighted by Gasteiger charge is 2.39. The number of rotatable bonds is 4. The first kappa shape index (κ1) is 20.8. The maximum atomic E-state index is 13.3. The number of primary amides is 1. The molecular formula is C22H23N3O6. The van der Waals surface area contributed by atoms with Crippen LogP contribution in [0.25, 0.3) is 0 Å². The van der Waals surface area contributed by atoms with Gasteiger partial charge in [0, 0.05) is 25.0 Å². The highest BCUT2D eigenvalue weighted by atomic mass is 16.3. The van der Waals surface area contributed by atoms with Gasteiger partial charge in [-0.3, -0.25) is 14.4 Å². The van der Waals surface area contributed by atoms with Crippen LogP contribution in [0.2, 0.25) is 0 Å². The van der Waals surface area contributed by atoms with Crippen molar-refractivity contribution in [3.8, 4) is 0 Å². The second-order valence-electron chi connectivity index (χ2n) is 7.75. The molecule has 0 saturated carbocycles. The van der Waals surface area contributed by atoms with Crippen molar-refractivity contribution in [3.05, 3.63) is 71.2 Å². The lowest BCUT2D eigenvalue weighted by atomic mass is 9.87. The molecule has 1 aliphatic carbocycles. The molecule has 0 fully saturated rings. The molecule has 5 N–H and O–H groups in total. The Labute approximate surface area is 178 Å². The van der Waals surface area contributed by atoms with Gasteiger partial charge in [-0.15, -0.1) is 0 Å². The summed E-state index contributed by atoms with van der Waals surface area (Å²) in [5.41, 5.74) is 7.62. The first-order valence-corrected chi connectivity index (χ1v) is 9.93. The van der Waals surface area contributed by atoms with Gasteiger partial charge in [0.25, 0.3) is 11.8 Å². The number of amides is 3. The topological polar surface area (TPSA) is 146 Å². The van der Waals surface area contributed by atoms with Crippen LogP contribution in [-0.4, -0.2) is 57.1 Å². The van der Waals surface area contributed by atoms with Gasteiger partial charge in [-0.25, -0.2) is 0 Å². The van der Waals surface area contributed by atoms with Crippen LogP contribution in [0.1, 0.15) is 28.1 Å². The van der Waals surface area contributed by atoms with Crippen molar-refractivity contribution in [1.29, 1.82) is 0 Å². The first-order chi connectivity index (χ1) is 14.8. The predicted octanol–water partition coefficient (Wildman–Crippen LogP) is -0.131. The number of hydrogen-bond acceptors (Lipinski definition) is 6. The van der Waals surface area contributed by atoms with Gasteiger partial charge in [0.1, 0.15) is 12.1 Å². The summed E-state index contributed by atoms with van der Waals surface area (Å²) in [4.78, 5) is 39.1. The molecule has 1 aromatic heterocycles. The number of carbonyl (C=O) groups is 3. The zero-order chi connectivity index (χ0) is 22.1. The van der Waals surface area contributed by atoms with Crippen LogP contribution < -0.4 is 11.1 Å². The van der Waals surface area contributed by atoms with Crippen LogP contribution in [0.3, 0.4) is 0 Å². The van der Waals surface area contributed by atoms with E-state index in [9.17, 15) is 24.6 Å². The van der Waals surface area contributed by atoms with Crippen LogP contribution >= 0.6 is 0 Å². The molecule has 0 saturated heterocycles. The van der Waals surface area contributed by atoms with Gasteiger partial charge in [-0.2, -0.15) is 0 Å². The zero-order valence-corrected chi connectivity index (χ0v) is 16.6. The standard InChI is InChI=1S/C22H23N3O6/c23-20(28)16-9-12-4-1-2-5-13(12)11-25(16)22(30)14-8-15(19(27)17(26)10-14)24-21(29)18-6-3-7-31-18/h1-8,15-17,19,26-27H,9-11H2,(H2,23,28)(H,24,29)/t15-,16+,17-,19-/m1/s1. The molecule has 1 aromatic carbocycles. The minimum atomic E-state index is -1.30. The number of nitrogens with two attached hydrogens (primary N) is 1. The van der Waals surface area contributed by atoms with E-state index in [0.29, 0.717) is 6.42 Å². The van der Waals surface area contributed by atoms with Crippen molar-refractivity contribution in [2.45, 2.75) is 43.7 Å². The number of nitrogens with one attached hydrogen (secondary N) is 1. The Hall–Kier alpha value is -3.43. The third-order valence-electron chi connectivity index (χ3n) is 5.73. The molecular weight excluding hydrogens is 402 g/mol. The molecule has 31 heavy (non-hydrogen) atoms. The Morgan fingerprint density at radius 3 is 2.48 bits per heavy atom. The van der Waals surface area contributed by atoms with Crippen LogP contribution in [0.15, 0.2) is 58.7 Å². The van der Waals surface area contributed by atoms with E-state index in [1.807, 2.05) is 24.3 Å². The summed E-state index contributed by atoms with van der Waals surface area (Å²) in [6.07, 6.45) is 0.369. The summed E-state index contributed by atoms with van der Waals surface area (Å²) in [6.45, 7) is 0.196. The molecule has 2 aromatic rings. The SMILES string of the molecule is NC(=O)[C@@H]1Cc2ccccc2CN1C(=O)C1=C[C@@H](NC(=O)c2ccco2)[C@@H](O)[C@H](O)C1. The molecule has 0 spiro atoms. The van der Waals surface area contributed by atoms with Crippen molar-refractivity contribution in [3.63, 3.8) is 0 Å². The average molecular weight is 425 g/mol. The predicted molar refractivity (Wildman–Crippen MR) is 108 cm³/mol. The number of nitrogens with zero attached hydrogens (tertiary/aromatic N) is 1. The monoisotopic (exact) mass is 425 g/mol. The second-order valence-corrected chi connectivity index (χ2v) is 7.75. The van der Waals surface area contributed by atoms with Crippen LogP contribution in [0.4, 0.5) is 0 Å². The molecule has 1 aliphatic heterocycles. The zero-order valence-electron chi connectivity index (χ0n) is 16.6. The fraction of sp³-hybridized carbons (Fsp3) is 0.318. The number of furan rings is 1. The molecule has 0 unspecified atom stereocenters. The maximum absolute atomic E-state index is 13.3. The highest BCUT2D eigenvalue weighted by molar-refractivity contribution is 5.98. The Balaban J connectivity index is 1.60. The molecule has 9 heteroatoms. The molecule has 2 aliphatic rings. The summed E-state index contributed by atoms with van der Waals surface area (Å²) in [7, 11) is 0. The van der Waals surface area contributed by atoms with E-state index in [1.165, 1.54) is 23.3 Å². The average Bonchev–Trinajstić information content (AvgIpc) is 3.30. The minimum absolute atomic E-state index is 0.0370. The molecule has 9 nitrogen and oxygen atoms in total. The van der Waals surface area contributed by atoms with Gasteiger partial charge < -0.3 is 30.6 Å². The van der Waals surface area contributed by atoms with E-state index in [2.05, 4.69) is 5.32 Å². The Morgan fingerprint density at radius 1 is 1.06 bits per heavy atom. The Morgan fingerprint density at radius 2 is 1.81 bits per heavy atom. The summed E-state index contributed by atoms with van der Waals surface area (Å²) in [5.74, 6) is -1.65. The number of hydrogen-bond donors (Lipinski definition) is 4. The molecule has 0 bridgehead atoms. The van der Waals surface area contributed by atoms with Crippen LogP contribution in [0, 0.1) is 0 Å². The fourth-order valence-corrected chi connectivity index (χ4v) is 4.06. The van der Waals surface area contributed by atoms with Gasteiger partial charge in [0.15, 0.2) is 5.76 Å². The van der Waals surface area contributed by atoms with E-state index in [1.54, 1.807) is 6.07 Å². The lowest BCUT2D eigenvalue weighted by Crippen LogP contribution is -2.54. The first-order valence-electron chi connectivity index (χ1n) is 9.93. The number of aliphatic hydroxyl groups is 2. The Kier molecular flexibility index (Phi) is 5.62. The van der Waals surface area contributed by atoms with Gasteiger partial charge in [-0.1, -0.05) is 30.3 Å². The van der Waals surface area contributed by atoms with E-state index in [0.717, 1.165) is 11.1 Å². The number of benzene rings is 1. The third kappa shape index (κ3) is 4.10.